The average molecular weight is 789 g/mol. The van der Waals surface area contributed by atoms with Gasteiger partial charge in [0.1, 0.15) is 30.5 Å². The molecule has 0 amide bonds. The minimum Gasteiger partial charge on any atom is -0.492 e. The van der Waals surface area contributed by atoms with Crippen molar-refractivity contribution >= 4 is 33.0 Å². The highest BCUT2D eigenvalue weighted by atomic mass is 35.5. The SMILES string of the molecule is Cc1c(COc2cc(OCc3cncc(S(C)(=O)=O)c3)c(CNC(C)(CO)CO)cc2Cl)cccc1-c1cccc(OCCCN2CC[C@@H](O)C2)c1Cl. The standard InChI is InChI=1S/C39H47Cl2N3O8S/c1-26-28(7-4-8-32(26)33-9-5-10-35(38(33)41)50-14-6-12-44-13-11-30(47)21-44)23-52-37-17-36(29(16-34(37)40)19-43-39(2,24-45)25-46)51-22-27-15-31(20-42-18-27)53(3,48)49/h4-5,7-10,15-18,20,30,43,45-47H,6,11-14,19,21-25H2,1-3H3/t30-/m1/s1. The van der Waals surface area contributed by atoms with Crippen LogP contribution >= 0.6 is 23.2 Å². The molecule has 53 heavy (non-hydrogen) atoms. The van der Waals surface area contributed by atoms with E-state index in [1.165, 1.54) is 18.5 Å². The Labute approximate surface area is 321 Å². The Hall–Kier alpha value is -3.46. The van der Waals surface area contributed by atoms with Crippen molar-refractivity contribution in [3.05, 3.63) is 99.3 Å². The molecule has 3 aromatic carbocycles. The van der Waals surface area contributed by atoms with E-state index in [1.807, 2.05) is 43.3 Å². The fourth-order valence-electron chi connectivity index (χ4n) is 5.94. The molecule has 0 aliphatic carbocycles. The van der Waals surface area contributed by atoms with Crippen molar-refractivity contribution in [3.63, 3.8) is 0 Å². The van der Waals surface area contributed by atoms with Gasteiger partial charge in [-0.25, -0.2) is 8.42 Å². The summed E-state index contributed by atoms with van der Waals surface area (Å²) in [5, 5.41) is 33.4. The molecule has 1 saturated heterocycles. The molecule has 0 spiro atoms. The molecular weight excluding hydrogens is 741 g/mol. The van der Waals surface area contributed by atoms with Crippen LogP contribution < -0.4 is 19.5 Å². The van der Waals surface area contributed by atoms with Crippen LogP contribution in [0.4, 0.5) is 0 Å². The molecule has 4 N–H and O–H groups in total. The van der Waals surface area contributed by atoms with Gasteiger partial charge in [-0.2, -0.15) is 0 Å². The molecule has 286 valence electrons. The summed E-state index contributed by atoms with van der Waals surface area (Å²) in [4.78, 5) is 6.37. The largest absolute Gasteiger partial charge is 0.492 e. The number of halogens is 2. The number of aromatic nitrogens is 1. The molecule has 2 heterocycles. The van der Waals surface area contributed by atoms with Gasteiger partial charge < -0.3 is 39.7 Å². The monoisotopic (exact) mass is 787 g/mol. The fourth-order valence-corrected chi connectivity index (χ4v) is 7.08. The van der Waals surface area contributed by atoms with Crippen molar-refractivity contribution in [2.45, 2.75) is 63.0 Å². The van der Waals surface area contributed by atoms with Gasteiger partial charge in [0, 0.05) is 67.6 Å². The number of nitrogens with one attached hydrogen (secondary N) is 1. The highest BCUT2D eigenvalue weighted by Gasteiger charge is 2.23. The zero-order valence-corrected chi connectivity index (χ0v) is 32.5. The lowest BCUT2D eigenvalue weighted by atomic mass is 9.96. The lowest BCUT2D eigenvalue weighted by molar-refractivity contribution is 0.103. The molecule has 4 aromatic rings. The Morgan fingerprint density at radius 2 is 1.68 bits per heavy atom. The summed E-state index contributed by atoms with van der Waals surface area (Å²) in [6.45, 7) is 6.45. The second kappa shape index (κ2) is 18.2. The number of rotatable bonds is 18. The summed E-state index contributed by atoms with van der Waals surface area (Å²) in [5.41, 5.74) is 3.87. The topological polar surface area (TPSA) is 151 Å². The first kappa shape index (κ1) is 40.7. The predicted octanol–water partition coefficient (Wildman–Crippen LogP) is 5.59. The van der Waals surface area contributed by atoms with E-state index in [-0.39, 0.29) is 44.0 Å². The van der Waals surface area contributed by atoms with Crippen LogP contribution in [0.3, 0.4) is 0 Å². The van der Waals surface area contributed by atoms with Gasteiger partial charge in [-0.1, -0.05) is 53.5 Å². The normalized spacial score (nSPS) is 15.1. The van der Waals surface area contributed by atoms with Crippen molar-refractivity contribution in [3.8, 4) is 28.4 Å². The molecule has 0 radical (unpaired) electrons. The Morgan fingerprint density at radius 1 is 0.943 bits per heavy atom. The number of β-amino-alcohol motifs (C(OH)–C–C–N with tert-alkyl or cyclic N) is 1. The zero-order valence-electron chi connectivity index (χ0n) is 30.1. The van der Waals surface area contributed by atoms with E-state index in [9.17, 15) is 23.7 Å². The number of benzene rings is 3. The Bertz CT molecular complexity index is 1980. The van der Waals surface area contributed by atoms with Crippen molar-refractivity contribution < 1.29 is 37.9 Å². The number of likely N-dealkylation sites (tertiary alicyclic amines) is 1. The van der Waals surface area contributed by atoms with E-state index in [2.05, 4.69) is 15.2 Å². The van der Waals surface area contributed by atoms with Crippen molar-refractivity contribution in [2.24, 2.45) is 0 Å². The van der Waals surface area contributed by atoms with Crippen LogP contribution in [-0.2, 0) is 29.6 Å². The summed E-state index contributed by atoms with van der Waals surface area (Å²) >= 11 is 13.6. The second-order valence-electron chi connectivity index (χ2n) is 13.7. The van der Waals surface area contributed by atoms with Crippen molar-refractivity contribution in [1.82, 2.24) is 15.2 Å². The number of sulfone groups is 1. The van der Waals surface area contributed by atoms with Gasteiger partial charge >= 0.3 is 0 Å². The van der Waals surface area contributed by atoms with E-state index >= 15 is 0 Å². The molecule has 0 bridgehead atoms. The van der Waals surface area contributed by atoms with Gasteiger partial charge in [0.15, 0.2) is 9.84 Å². The quantitative estimate of drug-likeness (QED) is 0.0935. The molecule has 1 aromatic heterocycles. The van der Waals surface area contributed by atoms with Crippen LogP contribution in [0.1, 0.15) is 42.0 Å². The summed E-state index contributed by atoms with van der Waals surface area (Å²) in [7, 11) is -3.47. The highest BCUT2D eigenvalue weighted by molar-refractivity contribution is 7.90. The van der Waals surface area contributed by atoms with Crippen LogP contribution in [-0.4, -0.2) is 91.0 Å². The summed E-state index contributed by atoms with van der Waals surface area (Å²) in [6.07, 6.45) is 5.32. The van der Waals surface area contributed by atoms with Gasteiger partial charge in [-0.15, -0.1) is 0 Å². The number of hydrogen-bond donors (Lipinski definition) is 4. The van der Waals surface area contributed by atoms with E-state index in [0.717, 1.165) is 54.4 Å². The average Bonchev–Trinajstić information content (AvgIpc) is 3.57. The van der Waals surface area contributed by atoms with Crippen LogP contribution in [0.5, 0.6) is 17.2 Å². The minimum atomic E-state index is -3.47. The minimum absolute atomic E-state index is 0.00890. The first-order valence-corrected chi connectivity index (χ1v) is 20.0. The van der Waals surface area contributed by atoms with Gasteiger partial charge in [-0.3, -0.25) is 4.98 Å². The van der Waals surface area contributed by atoms with Crippen LogP contribution in [0, 0.1) is 6.92 Å². The number of hydrogen-bond acceptors (Lipinski definition) is 11. The molecule has 1 atom stereocenters. The third-order valence-corrected chi connectivity index (χ3v) is 11.1. The van der Waals surface area contributed by atoms with E-state index in [1.54, 1.807) is 19.1 Å². The number of aliphatic hydroxyl groups excluding tert-OH is 3. The van der Waals surface area contributed by atoms with E-state index in [0.29, 0.717) is 51.6 Å². The third-order valence-electron chi connectivity index (χ3n) is 9.32. The second-order valence-corrected chi connectivity index (χ2v) is 16.5. The summed E-state index contributed by atoms with van der Waals surface area (Å²) in [6, 6.07) is 16.5. The fraction of sp³-hybridized carbons (Fsp3) is 0.410. The van der Waals surface area contributed by atoms with Gasteiger partial charge in [0.25, 0.3) is 0 Å². The molecule has 11 nitrogen and oxygen atoms in total. The smallest absolute Gasteiger partial charge is 0.177 e. The number of aliphatic hydroxyl groups is 3. The maximum absolute atomic E-state index is 12.1. The van der Waals surface area contributed by atoms with Gasteiger partial charge in [-0.05, 0) is 61.6 Å². The van der Waals surface area contributed by atoms with Gasteiger partial charge in [0.05, 0.1) is 46.4 Å². The zero-order chi connectivity index (χ0) is 38.2. The van der Waals surface area contributed by atoms with E-state index < -0.39 is 15.4 Å². The molecule has 0 unspecified atom stereocenters. The predicted molar refractivity (Wildman–Crippen MR) is 206 cm³/mol. The number of nitrogens with zero attached hydrogens (tertiary/aromatic N) is 2. The molecular formula is C39H47Cl2N3O8S. The molecule has 1 aliphatic heterocycles. The lowest BCUT2D eigenvalue weighted by Crippen LogP contribution is -2.48. The van der Waals surface area contributed by atoms with Crippen molar-refractivity contribution in [2.75, 3.05) is 45.7 Å². The third kappa shape index (κ3) is 10.8. The Kier molecular flexibility index (Phi) is 14.0. The number of ether oxygens (including phenoxy) is 3. The van der Waals surface area contributed by atoms with Crippen LogP contribution in [0.25, 0.3) is 11.1 Å². The van der Waals surface area contributed by atoms with E-state index in [4.69, 9.17) is 37.4 Å². The molecule has 0 saturated carbocycles. The lowest BCUT2D eigenvalue weighted by Gasteiger charge is -2.27. The maximum atomic E-state index is 12.1. The maximum Gasteiger partial charge on any atom is 0.177 e. The highest BCUT2D eigenvalue weighted by Crippen LogP contribution is 2.39. The number of pyridine rings is 1. The summed E-state index contributed by atoms with van der Waals surface area (Å²) < 4.78 is 42.7. The Balaban J connectivity index is 1.32. The van der Waals surface area contributed by atoms with Gasteiger partial charge in [0.2, 0.25) is 0 Å². The molecule has 5 rings (SSSR count). The molecule has 1 aliphatic rings. The molecule has 1 fully saturated rings. The molecule has 14 heteroatoms. The van der Waals surface area contributed by atoms with Crippen LogP contribution in [0.15, 0.2) is 71.9 Å². The summed E-state index contributed by atoms with van der Waals surface area (Å²) in [5.74, 6) is 1.38. The Morgan fingerprint density at radius 3 is 2.40 bits per heavy atom. The first-order valence-electron chi connectivity index (χ1n) is 17.4. The van der Waals surface area contributed by atoms with Crippen molar-refractivity contribution in [1.29, 1.82) is 0 Å². The van der Waals surface area contributed by atoms with Crippen LogP contribution in [0.2, 0.25) is 10.0 Å². The first-order chi connectivity index (χ1) is 25.3.